The smallest absolute Gasteiger partial charge is 0.319 e. The van der Waals surface area contributed by atoms with Gasteiger partial charge in [-0.25, -0.2) is 19.2 Å². The number of pyridine rings is 2. The van der Waals surface area contributed by atoms with E-state index in [9.17, 15) is 19.2 Å². The fourth-order valence-corrected chi connectivity index (χ4v) is 4.55. The summed E-state index contributed by atoms with van der Waals surface area (Å²) in [5.74, 6) is -0.226. The summed E-state index contributed by atoms with van der Waals surface area (Å²) in [5.41, 5.74) is 7.58. The molecule has 12 heteroatoms. The molecule has 4 rings (SSSR count). The van der Waals surface area contributed by atoms with Gasteiger partial charge in [0, 0.05) is 24.8 Å². The van der Waals surface area contributed by atoms with Crippen molar-refractivity contribution in [3.8, 4) is 11.3 Å². The van der Waals surface area contributed by atoms with E-state index < -0.39 is 11.8 Å². The second-order valence-electron chi connectivity index (χ2n) is 9.76. The van der Waals surface area contributed by atoms with Crippen LogP contribution < -0.4 is 27.0 Å². The van der Waals surface area contributed by atoms with Gasteiger partial charge in [0.15, 0.2) is 0 Å². The first-order valence-corrected chi connectivity index (χ1v) is 13.4. The molecule has 3 aromatic rings. The molecule has 0 radical (unpaired) electrons. The number of anilines is 3. The number of carbonyl (C=O) groups is 2. The summed E-state index contributed by atoms with van der Waals surface area (Å²) in [5, 5.41) is 23.8. The Morgan fingerprint density at radius 1 is 1.07 bits per heavy atom. The van der Waals surface area contributed by atoms with Crippen LogP contribution >= 0.6 is 0 Å². The number of nitrogens with zero attached hydrogens (tertiary/aromatic N) is 3. The number of nitrogens with one attached hydrogen (secondary N) is 4. The highest BCUT2D eigenvalue weighted by molar-refractivity contribution is 5.99. The van der Waals surface area contributed by atoms with Crippen LogP contribution in [0.25, 0.3) is 11.3 Å². The predicted octanol–water partition coefficient (Wildman–Crippen LogP) is 3.85. The van der Waals surface area contributed by atoms with Gasteiger partial charge in [-0.15, -0.1) is 0 Å². The first-order valence-electron chi connectivity index (χ1n) is 13.4. The number of nitrogens with two attached hydrogens (primary N) is 1. The maximum absolute atomic E-state index is 14.9. The zero-order valence-electron chi connectivity index (χ0n) is 22.5. The van der Waals surface area contributed by atoms with Crippen molar-refractivity contribution in [2.75, 3.05) is 49.1 Å². The third kappa shape index (κ3) is 7.64. The molecule has 3 amide bonds. The van der Waals surface area contributed by atoms with E-state index in [0.29, 0.717) is 54.6 Å². The molecule has 0 atom stereocenters. The summed E-state index contributed by atoms with van der Waals surface area (Å²) in [6.07, 6.45) is 4.47. The van der Waals surface area contributed by atoms with E-state index in [2.05, 4.69) is 31.2 Å². The summed E-state index contributed by atoms with van der Waals surface area (Å²) in [6, 6.07) is 10.4. The van der Waals surface area contributed by atoms with Gasteiger partial charge in [-0.05, 0) is 62.1 Å². The lowest BCUT2D eigenvalue weighted by Gasteiger charge is -2.45. The van der Waals surface area contributed by atoms with Gasteiger partial charge >= 0.3 is 6.03 Å². The Hall–Kier alpha value is -4.29. The topological polar surface area (TPSA) is 157 Å². The minimum Gasteiger partial charge on any atom is -0.633 e. The van der Waals surface area contributed by atoms with Gasteiger partial charge in [0.25, 0.3) is 5.91 Å². The maximum atomic E-state index is 14.9. The number of likely N-dealkylation sites (tertiary alicyclic amines) is 1. The Morgan fingerprint density at radius 3 is 2.58 bits per heavy atom. The Morgan fingerprint density at radius 2 is 1.88 bits per heavy atom. The molecule has 11 nitrogen and oxygen atoms in total. The van der Waals surface area contributed by atoms with Crippen molar-refractivity contribution in [3.05, 3.63) is 70.8 Å². The van der Waals surface area contributed by atoms with Gasteiger partial charge < -0.3 is 36.9 Å². The molecule has 0 spiro atoms. The number of halogens is 1. The predicted molar refractivity (Wildman–Crippen MR) is 153 cm³/mol. The molecular formula is C28H35FN8O3. The Kier molecular flexibility index (Phi) is 9.46. The maximum Gasteiger partial charge on any atom is 0.319 e. The number of aromatic nitrogens is 2. The third-order valence-electron chi connectivity index (χ3n) is 6.73. The van der Waals surface area contributed by atoms with Crippen LogP contribution in [0.1, 0.15) is 42.1 Å². The number of hydrogen-bond donors (Lipinski definition) is 5. The van der Waals surface area contributed by atoms with Crippen molar-refractivity contribution in [1.82, 2.24) is 20.6 Å². The van der Waals surface area contributed by atoms with Crippen LogP contribution in [0, 0.1) is 11.0 Å². The highest BCUT2D eigenvalue weighted by Crippen LogP contribution is 2.26. The van der Waals surface area contributed by atoms with Crippen molar-refractivity contribution in [2.45, 2.75) is 32.7 Å². The number of piperidine rings is 1. The highest BCUT2D eigenvalue weighted by Gasteiger charge is 2.21. The molecule has 6 N–H and O–H groups in total. The quantitative estimate of drug-likeness (QED) is 0.190. The normalized spacial score (nSPS) is 14.3. The number of rotatable bonds is 10. The molecule has 2 aromatic heterocycles. The van der Waals surface area contributed by atoms with Gasteiger partial charge in [-0.2, -0.15) is 0 Å². The van der Waals surface area contributed by atoms with Gasteiger partial charge in [-0.3, -0.25) is 4.79 Å². The van der Waals surface area contributed by atoms with Gasteiger partial charge in [-0.1, -0.05) is 12.1 Å². The number of carbonyl (C=O) groups excluding carboxylic acids is 2. The first kappa shape index (κ1) is 28.7. The number of benzene rings is 1. The van der Waals surface area contributed by atoms with E-state index >= 15 is 0 Å². The molecule has 1 aliphatic rings. The van der Waals surface area contributed by atoms with Crippen LogP contribution in [0.2, 0.25) is 0 Å². The van der Waals surface area contributed by atoms with Crippen LogP contribution in [-0.2, 0) is 6.54 Å². The van der Waals surface area contributed by atoms with E-state index in [1.807, 2.05) is 6.92 Å². The summed E-state index contributed by atoms with van der Waals surface area (Å²) in [6.45, 7) is 4.40. The number of amides is 3. The van der Waals surface area contributed by atoms with Crippen LogP contribution in [0.3, 0.4) is 0 Å². The van der Waals surface area contributed by atoms with E-state index in [0.717, 1.165) is 24.8 Å². The molecule has 1 aliphatic heterocycles. The van der Waals surface area contributed by atoms with Gasteiger partial charge in [0.05, 0.1) is 43.1 Å². The first-order chi connectivity index (χ1) is 19.3. The van der Waals surface area contributed by atoms with E-state index in [-0.39, 0.29) is 29.3 Å². The van der Waals surface area contributed by atoms with Crippen LogP contribution in [0.15, 0.2) is 48.7 Å². The molecule has 1 saturated heterocycles. The van der Waals surface area contributed by atoms with Crippen LogP contribution in [0.5, 0.6) is 0 Å². The molecule has 0 bridgehead atoms. The average Bonchev–Trinajstić information content (AvgIpc) is 2.94. The summed E-state index contributed by atoms with van der Waals surface area (Å²) >= 11 is 0. The zero-order valence-corrected chi connectivity index (χ0v) is 22.5. The minimum atomic E-state index is -0.636. The van der Waals surface area contributed by atoms with Crippen LogP contribution in [-0.4, -0.2) is 59.3 Å². The van der Waals surface area contributed by atoms with Crippen molar-refractivity contribution in [2.24, 2.45) is 0 Å². The zero-order chi connectivity index (χ0) is 28.5. The number of hydrogen-bond acceptors (Lipinski definition) is 7. The standard InChI is InChI=1S/C28H35FN8O3/c1-2-31-26-21(27(38)32-12-15-37(40)13-4-3-5-14-37)8-10-23(35-26)20-7-9-24(22(29)16-20)36-28(39)34-18-19-6-11-25(30)33-17-19/h6-11,16-17H,2-5,12-15,18H2,1H3,(H2,30,33)(H,31,35)(H,32,38)(H2,34,36,39). The fourth-order valence-electron chi connectivity index (χ4n) is 4.55. The monoisotopic (exact) mass is 550 g/mol. The average molecular weight is 551 g/mol. The Labute approximate surface area is 232 Å². The number of hydroxylamine groups is 3. The molecule has 40 heavy (non-hydrogen) atoms. The molecule has 1 aromatic carbocycles. The summed E-state index contributed by atoms with van der Waals surface area (Å²) < 4.78 is 14.6. The molecular weight excluding hydrogens is 515 g/mol. The summed E-state index contributed by atoms with van der Waals surface area (Å²) in [4.78, 5) is 33.6. The molecule has 212 valence electrons. The van der Waals surface area contributed by atoms with Crippen molar-refractivity contribution >= 4 is 29.3 Å². The lowest BCUT2D eigenvalue weighted by molar-refractivity contribution is -0.884. The lowest BCUT2D eigenvalue weighted by Crippen LogP contribution is -2.50. The van der Waals surface area contributed by atoms with Gasteiger partial charge in [0.1, 0.15) is 17.5 Å². The number of quaternary nitrogens is 1. The fraction of sp³-hybridized carbons (Fsp3) is 0.357. The van der Waals surface area contributed by atoms with Crippen LogP contribution in [0.4, 0.5) is 26.5 Å². The number of nitrogen functional groups attached to an aromatic ring is 1. The van der Waals surface area contributed by atoms with E-state index in [1.165, 1.54) is 12.1 Å². The van der Waals surface area contributed by atoms with E-state index in [4.69, 9.17) is 5.73 Å². The molecule has 0 aliphatic carbocycles. The molecule has 0 unspecified atom stereocenters. The SMILES string of the molecule is CCNc1nc(-c2ccc(NC(=O)NCc3ccc(N)nc3)c(F)c2)ccc1C(=O)NCC[N+]1([O-])CCCCC1. The second kappa shape index (κ2) is 13.2. The second-order valence-corrected chi connectivity index (χ2v) is 9.76. The molecule has 3 heterocycles. The number of urea groups is 1. The van der Waals surface area contributed by atoms with Crippen molar-refractivity contribution < 1.29 is 18.6 Å². The molecule has 1 fully saturated rings. The third-order valence-corrected chi connectivity index (χ3v) is 6.73. The van der Waals surface area contributed by atoms with E-state index in [1.54, 1.807) is 36.5 Å². The molecule has 0 saturated carbocycles. The minimum absolute atomic E-state index is 0.00657. The largest absolute Gasteiger partial charge is 0.633 e. The Balaban J connectivity index is 1.38. The summed E-state index contributed by atoms with van der Waals surface area (Å²) in [7, 11) is 0. The van der Waals surface area contributed by atoms with Gasteiger partial charge in [0.2, 0.25) is 0 Å². The van der Waals surface area contributed by atoms with Crippen molar-refractivity contribution in [3.63, 3.8) is 0 Å². The lowest BCUT2D eigenvalue weighted by atomic mass is 10.1. The Bertz CT molecular complexity index is 1330. The highest BCUT2D eigenvalue weighted by atomic mass is 19.1. The van der Waals surface area contributed by atoms with Crippen molar-refractivity contribution in [1.29, 1.82) is 0 Å².